The molecule has 1 heterocycles. The van der Waals surface area contributed by atoms with E-state index in [4.69, 9.17) is 5.11 Å². The number of aromatic nitrogens is 2. The maximum atomic E-state index is 10.9. The van der Waals surface area contributed by atoms with E-state index in [2.05, 4.69) is 17.3 Å². The molecule has 1 aliphatic carbocycles. The molecule has 1 aromatic rings. The fourth-order valence-corrected chi connectivity index (χ4v) is 2.75. The number of nitrogens with zero attached hydrogens (tertiary/aromatic N) is 2. The Bertz CT molecular complexity index is 408. The lowest BCUT2D eigenvalue weighted by atomic mass is 9.86. The van der Waals surface area contributed by atoms with E-state index < -0.39 is 5.97 Å². The van der Waals surface area contributed by atoms with Crippen molar-refractivity contribution < 1.29 is 9.90 Å². The normalized spacial score (nSPS) is 25.9. The first-order chi connectivity index (χ1) is 8.58. The third kappa shape index (κ3) is 2.90. The van der Waals surface area contributed by atoms with Crippen LogP contribution in [0.3, 0.4) is 0 Å². The minimum atomic E-state index is -0.645. The Labute approximate surface area is 107 Å². The standard InChI is InChI=1S/C13H21N3O2/c1-9(12-7-8-14-16(12)2)15-11-5-3-10(4-6-11)13(17)18/h7-11,15H,3-6H2,1-2H3,(H,17,18). The number of aliphatic carboxylic acids is 1. The van der Waals surface area contributed by atoms with Crippen LogP contribution in [-0.2, 0) is 11.8 Å². The van der Waals surface area contributed by atoms with Gasteiger partial charge in [-0.25, -0.2) is 0 Å². The molecule has 1 saturated carbocycles. The van der Waals surface area contributed by atoms with Crippen molar-refractivity contribution in [3.8, 4) is 0 Å². The molecule has 0 bridgehead atoms. The minimum Gasteiger partial charge on any atom is -0.481 e. The van der Waals surface area contributed by atoms with E-state index >= 15 is 0 Å². The lowest BCUT2D eigenvalue weighted by molar-refractivity contribution is -0.142. The van der Waals surface area contributed by atoms with Crippen LogP contribution < -0.4 is 5.32 Å². The van der Waals surface area contributed by atoms with Crippen LogP contribution in [-0.4, -0.2) is 26.9 Å². The number of rotatable bonds is 4. The van der Waals surface area contributed by atoms with Gasteiger partial charge >= 0.3 is 5.97 Å². The van der Waals surface area contributed by atoms with Gasteiger partial charge in [0.1, 0.15) is 0 Å². The zero-order valence-electron chi connectivity index (χ0n) is 11.0. The Morgan fingerprint density at radius 2 is 2.17 bits per heavy atom. The Balaban J connectivity index is 1.85. The molecule has 0 spiro atoms. The molecular weight excluding hydrogens is 230 g/mol. The van der Waals surface area contributed by atoms with Crippen LogP contribution >= 0.6 is 0 Å². The van der Waals surface area contributed by atoms with E-state index in [1.54, 1.807) is 6.20 Å². The molecule has 0 aromatic carbocycles. The molecule has 2 rings (SSSR count). The summed E-state index contributed by atoms with van der Waals surface area (Å²) in [6, 6.07) is 2.69. The second-order valence-electron chi connectivity index (χ2n) is 5.15. The molecule has 2 N–H and O–H groups in total. The molecule has 0 amide bonds. The molecule has 5 nitrogen and oxygen atoms in total. The fourth-order valence-electron chi connectivity index (χ4n) is 2.75. The Morgan fingerprint density at radius 3 is 2.67 bits per heavy atom. The van der Waals surface area contributed by atoms with Crippen molar-refractivity contribution in [1.82, 2.24) is 15.1 Å². The number of carboxylic acid groups (broad SMARTS) is 1. The summed E-state index contributed by atoms with van der Waals surface area (Å²) in [5.74, 6) is -0.789. The smallest absolute Gasteiger partial charge is 0.306 e. The van der Waals surface area contributed by atoms with Crippen molar-refractivity contribution in [2.24, 2.45) is 13.0 Å². The van der Waals surface area contributed by atoms with Crippen molar-refractivity contribution in [3.05, 3.63) is 18.0 Å². The SMILES string of the molecule is CC(NC1CCC(C(=O)O)CC1)c1ccnn1C. The van der Waals surface area contributed by atoms with Crippen molar-refractivity contribution in [3.63, 3.8) is 0 Å². The molecule has 5 heteroatoms. The highest BCUT2D eigenvalue weighted by molar-refractivity contribution is 5.70. The number of nitrogens with one attached hydrogen (secondary N) is 1. The van der Waals surface area contributed by atoms with Gasteiger partial charge in [0.25, 0.3) is 0 Å². The van der Waals surface area contributed by atoms with Gasteiger partial charge in [-0.1, -0.05) is 0 Å². The number of hydrogen-bond acceptors (Lipinski definition) is 3. The van der Waals surface area contributed by atoms with E-state index in [-0.39, 0.29) is 12.0 Å². The van der Waals surface area contributed by atoms with Crippen LogP contribution in [0.1, 0.15) is 44.3 Å². The van der Waals surface area contributed by atoms with Crippen LogP contribution in [0.2, 0.25) is 0 Å². The van der Waals surface area contributed by atoms with E-state index in [1.807, 2.05) is 17.8 Å². The highest BCUT2D eigenvalue weighted by Gasteiger charge is 2.26. The second-order valence-corrected chi connectivity index (χ2v) is 5.15. The van der Waals surface area contributed by atoms with Crippen molar-refractivity contribution in [2.75, 3.05) is 0 Å². The molecule has 0 radical (unpaired) electrons. The zero-order valence-corrected chi connectivity index (χ0v) is 11.0. The monoisotopic (exact) mass is 251 g/mol. The average Bonchev–Trinajstić information content (AvgIpc) is 2.76. The third-order valence-corrected chi connectivity index (χ3v) is 3.86. The molecular formula is C13H21N3O2. The molecule has 0 aliphatic heterocycles. The number of carbonyl (C=O) groups is 1. The predicted octanol–water partition coefficient (Wildman–Crippen LogP) is 1.71. The van der Waals surface area contributed by atoms with Gasteiger partial charge in [-0.3, -0.25) is 9.48 Å². The van der Waals surface area contributed by atoms with Gasteiger partial charge in [-0.2, -0.15) is 5.10 Å². The summed E-state index contributed by atoms with van der Waals surface area (Å²) < 4.78 is 1.88. The summed E-state index contributed by atoms with van der Waals surface area (Å²) in [6.45, 7) is 2.13. The lowest BCUT2D eigenvalue weighted by Gasteiger charge is -2.29. The number of hydrogen-bond donors (Lipinski definition) is 2. The number of carboxylic acids is 1. The fraction of sp³-hybridized carbons (Fsp3) is 0.692. The molecule has 1 atom stereocenters. The first kappa shape index (κ1) is 13.1. The quantitative estimate of drug-likeness (QED) is 0.855. The van der Waals surface area contributed by atoms with Gasteiger partial charge in [0.05, 0.1) is 11.6 Å². The van der Waals surface area contributed by atoms with Gasteiger partial charge in [0.2, 0.25) is 0 Å². The van der Waals surface area contributed by atoms with E-state index in [9.17, 15) is 4.79 Å². The second kappa shape index (κ2) is 5.52. The number of aryl methyl sites for hydroxylation is 1. The summed E-state index contributed by atoms with van der Waals surface area (Å²) >= 11 is 0. The molecule has 1 aliphatic rings. The molecule has 18 heavy (non-hydrogen) atoms. The minimum absolute atomic E-state index is 0.143. The summed E-state index contributed by atoms with van der Waals surface area (Å²) in [5.41, 5.74) is 1.16. The van der Waals surface area contributed by atoms with Gasteiger partial charge in [0, 0.05) is 25.3 Å². The topological polar surface area (TPSA) is 67.2 Å². The zero-order chi connectivity index (χ0) is 13.1. The van der Waals surface area contributed by atoms with Gasteiger partial charge in [-0.05, 0) is 38.7 Å². The summed E-state index contributed by atoms with van der Waals surface area (Å²) in [4.78, 5) is 10.9. The van der Waals surface area contributed by atoms with E-state index in [0.29, 0.717) is 6.04 Å². The summed E-state index contributed by atoms with van der Waals surface area (Å²) in [6.07, 6.45) is 5.25. The van der Waals surface area contributed by atoms with Crippen molar-refractivity contribution in [2.45, 2.75) is 44.7 Å². The highest BCUT2D eigenvalue weighted by atomic mass is 16.4. The van der Waals surface area contributed by atoms with Crippen LogP contribution in [0.15, 0.2) is 12.3 Å². The Kier molecular flexibility index (Phi) is 4.01. The van der Waals surface area contributed by atoms with Gasteiger partial charge in [0.15, 0.2) is 0 Å². The van der Waals surface area contributed by atoms with Crippen LogP contribution in [0, 0.1) is 5.92 Å². The Morgan fingerprint density at radius 1 is 1.50 bits per heavy atom. The molecule has 0 saturated heterocycles. The van der Waals surface area contributed by atoms with Crippen LogP contribution in [0.4, 0.5) is 0 Å². The van der Waals surface area contributed by atoms with Crippen molar-refractivity contribution >= 4 is 5.97 Å². The molecule has 1 aromatic heterocycles. The third-order valence-electron chi connectivity index (χ3n) is 3.86. The maximum Gasteiger partial charge on any atom is 0.306 e. The van der Waals surface area contributed by atoms with E-state index in [1.165, 1.54) is 0 Å². The van der Waals surface area contributed by atoms with Crippen molar-refractivity contribution in [1.29, 1.82) is 0 Å². The van der Waals surface area contributed by atoms with Gasteiger partial charge < -0.3 is 10.4 Å². The summed E-state index contributed by atoms with van der Waals surface area (Å²) in [7, 11) is 1.94. The lowest BCUT2D eigenvalue weighted by Crippen LogP contribution is -2.36. The largest absolute Gasteiger partial charge is 0.481 e. The molecule has 1 unspecified atom stereocenters. The Hall–Kier alpha value is -1.36. The first-order valence-corrected chi connectivity index (χ1v) is 6.54. The van der Waals surface area contributed by atoms with Crippen LogP contribution in [0.25, 0.3) is 0 Å². The maximum absolute atomic E-state index is 10.9. The predicted molar refractivity (Wildman–Crippen MR) is 68.1 cm³/mol. The molecule has 1 fully saturated rings. The molecule has 100 valence electrons. The first-order valence-electron chi connectivity index (χ1n) is 6.54. The van der Waals surface area contributed by atoms with Gasteiger partial charge in [-0.15, -0.1) is 0 Å². The average molecular weight is 251 g/mol. The highest BCUT2D eigenvalue weighted by Crippen LogP contribution is 2.26. The van der Waals surface area contributed by atoms with E-state index in [0.717, 1.165) is 31.4 Å². The summed E-state index contributed by atoms with van der Waals surface area (Å²) in [5, 5.41) is 16.7. The van der Waals surface area contributed by atoms with Crippen LogP contribution in [0.5, 0.6) is 0 Å².